The number of halogens is 3. The molecular formula is C21H21F3N4O2. The summed E-state index contributed by atoms with van der Waals surface area (Å²) in [4.78, 5) is 34.8. The second kappa shape index (κ2) is 8.04. The van der Waals surface area contributed by atoms with Crippen LogP contribution in [0.5, 0.6) is 0 Å². The van der Waals surface area contributed by atoms with Crippen LogP contribution in [0.3, 0.4) is 0 Å². The van der Waals surface area contributed by atoms with E-state index in [1.165, 1.54) is 0 Å². The third-order valence-corrected chi connectivity index (χ3v) is 5.62. The zero-order valence-corrected chi connectivity index (χ0v) is 16.2. The van der Waals surface area contributed by atoms with Crippen molar-refractivity contribution in [2.45, 2.75) is 37.8 Å². The summed E-state index contributed by atoms with van der Waals surface area (Å²) in [7, 11) is 0. The highest BCUT2D eigenvalue weighted by Crippen LogP contribution is 2.37. The Hall–Kier alpha value is -2.97. The number of alkyl halides is 3. The maximum atomic E-state index is 13.6. The Bertz CT molecular complexity index is 955. The van der Waals surface area contributed by atoms with Crippen LogP contribution < -0.4 is 5.32 Å². The van der Waals surface area contributed by atoms with Crippen LogP contribution in [-0.4, -0.2) is 46.3 Å². The fourth-order valence-corrected chi connectivity index (χ4v) is 4.06. The molecule has 6 nitrogen and oxygen atoms in total. The van der Waals surface area contributed by atoms with Gasteiger partial charge in [-0.05, 0) is 31.0 Å². The molecule has 2 aliphatic heterocycles. The molecule has 0 spiro atoms. The fourth-order valence-electron chi connectivity index (χ4n) is 4.06. The summed E-state index contributed by atoms with van der Waals surface area (Å²) in [6, 6.07) is 6.41. The van der Waals surface area contributed by atoms with Gasteiger partial charge in [-0.3, -0.25) is 19.6 Å². The predicted octanol–water partition coefficient (Wildman–Crippen LogP) is 2.73. The molecule has 0 saturated carbocycles. The molecule has 4 rings (SSSR count). The van der Waals surface area contributed by atoms with Crippen LogP contribution in [-0.2, 0) is 23.8 Å². The van der Waals surface area contributed by atoms with Gasteiger partial charge in [-0.15, -0.1) is 0 Å². The number of pyridine rings is 2. The summed E-state index contributed by atoms with van der Waals surface area (Å²) < 4.78 is 40.8. The van der Waals surface area contributed by atoms with Gasteiger partial charge in [-0.25, -0.2) is 0 Å². The quantitative estimate of drug-likeness (QED) is 0.832. The van der Waals surface area contributed by atoms with Crippen molar-refractivity contribution in [1.29, 1.82) is 0 Å². The van der Waals surface area contributed by atoms with Crippen LogP contribution in [0.2, 0.25) is 0 Å². The largest absolute Gasteiger partial charge is 0.417 e. The van der Waals surface area contributed by atoms with E-state index in [-0.39, 0.29) is 42.5 Å². The van der Waals surface area contributed by atoms with E-state index in [9.17, 15) is 22.8 Å². The molecular weight excluding hydrogens is 397 g/mol. The summed E-state index contributed by atoms with van der Waals surface area (Å²) in [5.41, 5.74) is -0.0345. The first-order valence-electron chi connectivity index (χ1n) is 9.90. The van der Waals surface area contributed by atoms with Crippen molar-refractivity contribution in [3.8, 4) is 0 Å². The highest BCUT2D eigenvalue weighted by atomic mass is 19.4. The number of hydrogen-bond donors (Lipinski definition) is 1. The van der Waals surface area contributed by atoms with Gasteiger partial charge < -0.3 is 10.2 Å². The van der Waals surface area contributed by atoms with Gasteiger partial charge in [-0.2, -0.15) is 13.2 Å². The molecule has 9 heteroatoms. The van der Waals surface area contributed by atoms with E-state index in [4.69, 9.17) is 0 Å². The van der Waals surface area contributed by atoms with Crippen LogP contribution in [0, 0.1) is 0 Å². The number of hydrogen-bond acceptors (Lipinski definition) is 4. The molecule has 1 fully saturated rings. The number of piperidine rings is 1. The highest BCUT2D eigenvalue weighted by Gasteiger charge is 2.39. The van der Waals surface area contributed by atoms with E-state index >= 15 is 0 Å². The average molecular weight is 418 g/mol. The smallest absolute Gasteiger partial charge is 0.352 e. The molecule has 1 saturated heterocycles. The first-order chi connectivity index (χ1) is 14.3. The van der Waals surface area contributed by atoms with Gasteiger partial charge in [0.2, 0.25) is 5.91 Å². The van der Waals surface area contributed by atoms with E-state index in [1.807, 2.05) is 6.07 Å². The minimum atomic E-state index is -4.63. The Kier molecular flexibility index (Phi) is 5.44. The Labute approximate surface area is 171 Å². The molecule has 2 aromatic rings. The van der Waals surface area contributed by atoms with Gasteiger partial charge in [0, 0.05) is 49.6 Å². The molecule has 2 aliphatic rings. The zero-order chi connectivity index (χ0) is 21.3. The lowest BCUT2D eigenvalue weighted by Crippen LogP contribution is -2.39. The Morgan fingerprint density at radius 2 is 2.00 bits per heavy atom. The SMILES string of the molecule is O=C1NCCc2nc(C3CCN(C(=O)Cc4ccccn4)CC3)cc(C(F)(F)F)c21. The molecule has 0 unspecified atom stereocenters. The second-order valence-corrected chi connectivity index (χ2v) is 7.57. The maximum Gasteiger partial charge on any atom is 0.417 e. The zero-order valence-electron chi connectivity index (χ0n) is 16.2. The lowest BCUT2D eigenvalue weighted by Gasteiger charge is -2.32. The third kappa shape index (κ3) is 4.15. The molecule has 0 aliphatic carbocycles. The van der Waals surface area contributed by atoms with Crippen molar-refractivity contribution in [1.82, 2.24) is 20.2 Å². The number of nitrogens with one attached hydrogen (secondary N) is 1. The Morgan fingerprint density at radius 3 is 2.67 bits per heavy atom. The molecule has 0 bridgehead atoms. The number of carbonyl (C=O) groups is 2. The van der Waals surface area contributed by atoms with E-state index in [0.29, 0.717) is 37.3 Å². The van der Waals surface area contributed by atoms with Crippen LogP contribution in [0.25, 0.3) is 0 Å². The summed E-state index contributed by atoms with van der Waals surface area (Å²) in [6.07, 6.45) is -1.45. The molecule has 2 aromatic heterocycles. The van der Waals surface area contributed by atoms with Gasteiger partial charge in [0.05, 0.1) is 23.2 Å². The van der Waals surface area contributed by atoms with Crippen molar-refractivity contribution < 1.29 is 22.8 Å². The average Bonchev–Trinajstić information content (AvgIpc) is 2.73. The minimum Gasteiger partial charge on any atom is -0.352 e. The number of nitrogens with zero attached hydrogens (tertiary/aromatic N) is 3. The summed E-state index contributed by atoms with van der Waals surface area (Å²) in [5, 5.41) is 2.46. The molecule has 158 valence electrons. The topological polar surface area (TPSA) is 75.2 Å². The van der Waals surface area contributed by atoms with Crippen LogP contribution in [0.4, 0.5) is 13.2 Å². The minimum absolute atomic E-state index is 0.0433. The first kappa shape index (κ1) is 20.3. The third-order valence-electron chi connectivity index (χ3n) is 5.62. The van der Waals surface area contributed by atoms with E-state index in [1.54, 1.807) is 23.2 Å². The van der Waals surface area contributed by atoms with Crippen molar-refractivity contribution in [3.05, 3.63) is 58.7 Å². The highest BCUT2D eigenvalue weighted by molar-refractivity contribution is 5.98. The molecule has 0 radical (unpaired) electrons. The standard InChI is InChI=1S/C21H21F3N4O2/c22-21(23,24)15-12-17(27-16-4-8-26-20(30)19(15)16)13-5-9-28(10-6-13)18(29)11-14-3-1-2-7-25-14/h1-3,7,12-13H,4-6,8-11H2,(H,26,30). The van der Waals surface area contributed by atoms with Gasteiger partial charge in [0.1, 0.15) is 0 Å². The van der Waals surface area contributed by atoms with Crippen molar-refractivity contribution in [2.75, 3.05) is 19.6 Å². The molecule has 30 heavy (non-hydrogen) atoms. The van der Waals surface area contributed by atoms with E-state index in [2.05, 4.69) is 15.3 Å². The van der Waals surface area contributed by atoms with Gasteiger partial charge >= 0.3 is 6.18 Å². The van der Waals surface area contributed by atoms with Crippen LogP contribution in [0.1, 0.15) is 51.8 Å². The first-order valence-corrected chi connectivity index (χ1v) is 9.90. The van der Waals surface area contributed by atoms with Gasteiger partial charge in [0.15, 0.2) is 0 Å². The fraction of sp³-hybridized carbons (Fsp3) is 0.429. The molecule has 0 atom stereocenters. The van der Waals surface area contributed by atoms with Crippen LogP contribution in [0.15, 0.2) is 30.5 Å². The van der Waals surface area contributed by atoms with Crippen LogP contribution >= 0.6 is 0 Å². The summed E-state index contributed by atoms with van der Waals surface area (Å²) >= 11 is 0. The molecule has 4 heterocycles. The van der Waals surface area contributed by atoms with Crippen molar-refractivity contribution in [2.24, 2.45) is 0 Å². The molecule has 1 N–H and O–H groups in total. The second-order valence-electron chi connectivity index (χ2n) is 7.57. The normalized spacial score (nSPS) is 17.4. The van der Waals surface area contributed by atoms with Gasteiger partial charge in [-0.1, -0.05) is 6.07 Å². The lowest BCUT2D eigenvalue weighted by molar-refractivity contribution is -0.138. The Balaban J connectivity index is 1.49. The van der Waals surface area contributed by atoms with E-state index in [0.717, 1.165) is 6.07 Å². The number of fused-ring (bicyclic) bond motifs is 1. The number of rotatable bonds is 3. The number of carbonyl (C=O) groups excluding carboxylic acids is 2. The monoisotopic (exact) mass is 418 g/mol. The van der Waals surface area contributed by atoms with Crippen molar-refractivity contribution >= 4 is 11.8 Å². The number of likely N-dealkylation sites (tertiary alicyclic amines) is 1. The summed E-state index contributed by atoms with van der Waals surface area (Å²) in [6.45, 7) is 1.19. The maximum absolute atomic E-state index is 13.6. The van der Waals surface area contributed by atoms with Crippen molar-refractivity contribution in [3.63, 3.8) is 0 Å². The molecule has 2 amide bonds. The molecule has 0 aromatic carbocycles. The summed E-state index contributed by atoms with van der Waals surface area (Å²) in [5.74, 6) is -0.948. The Morgan fingerprint density at radius 1 is 1.23 bits per heavy atom. The van der Waals surface area contributed by atoms with Gasteiger partial charge in [0.25, 0.3) is 5.91 Å². The number of aromatic nitrogens is 2. The van der Waals surface area contributed by atoms with E-state index < -0.39 is 17.6 Å². The number of amides is 2. The predicted molar refractivity (Wildman–Crippen MR) is 102 cm³/mol. The lowest BCUT2D eigenvalue weighted by atomic mass is 9.89.